The molecular formula is C19H24N8. The monoisotopic (exact) mass is 364 g/mol. The fourth-order valence-electron chi connectivity index (χ4n) is 4.07. The van der Waals surface area contributed by atoms with Crippen molar-refractivity contribution in [2.24, 2.45) is 7.05 Å². The molecule has 0 aromatic carbocycles. The molecule has 8 nitrogen and oxygen atoms in total. The van der Waals surface area contributed by atoms with Gasteiger partial charge in [-0.3, -0.25) is 9.58 Å². The molecular weight excluding hydrogens is 340 g/mol. The van der Waals surface area contributed by atoms with E-state index >= 15 is 0 Å². The zero-order valence-corrected chi connectivity index (χ0v) is 15.8. The van der Waals surface area contributed by atoms with Crippen LogP contribution in [0.25, 0.3) is 11.0 Å². The van der Waals surface area contributed by atoms with E-state index in [4.69, 9.17) is 4.98 Å². The third kappa shape index (κ3) is 2.90. The first-order chi connectivity index (χ1) is 13.2. The zero-order valence-electron chi connectivity index (χ0n) is 15.8. The summed E-state index contributed by atoms with van der Waals surface area (Å²) in [6.07, 6.45) is 3.75. The van der Waals surface area contributed by atoms with Crippen LogP contribution in [0.1, 0.15) is 5.82 Å². The quantitative estimate of drug-likeness (QED) is 0.689. The molecule has 3 aromatic heterocycles. The molecule has 2 fully saturated rings. The van der Waals surface area contributed by atoms with E-state index in [0.29, 0.717) is 6.04 Å². The summed E-state index contributed by atoms with van der Waals surface area (Å²) in [5.74, 6) is 2.91. The molecule has 8 heteroatoms. The van der Waals surface area contributed by atoms with Crippen molar-refractivity contribution in [2.75, 3.05) is 49.1 Å². The first-order valence-corrected chi connectivity index (χ1v) is 9.50. The van der Waals surface area contributed by atoms with Gasteiger partial charge in [0.2, 0.25) is 0 Å². The lowest BCUT2D eigenvalue weighted by atomic mass is 10.1. The molecule has 140 valence electrons. The maximum Gasteiger partial charge on any atom is 0.163 e. The van der Waals surface area contributed by atoms with E-state index < -0.39 is 0 Å². The van der Waals surface area contributed by atoms with E-state index in [0.717, 1.165) is 67.8 Å². The van der Waals surface area contributed by atoms with Crippen molar-refractivity contribution in [1.82, 2.24) is 29.6 Å². The summed E-state index contributed by atoms with van der Waals surface area (Å²) < 4.78 is 1.82. The first kappa shape index (κ1) is 16.4. The van der Waals surface area contributed by atoms with Crippen molar-refractivity contribution in [3.63, 3.8) is 0 Å². The molecule has 2 aliphatic heterocycles. The predicted octanol–water partition coefficient (Wildman–Crippen LogP) is 1.08. The van der Waals surface area contributed by atoms with E-state index in [2.05, 4.69) is 41.9 Å². The second kappa shape index (κ2) is 6.45. The molecule has 5 heterocycles. The van der Waals surface area contributed by atoms with E-state index in [1.165, 1.54) is 0 Å². The highest BCUT2D eigenvalue weighted by atomic mass is 15.4. The maximum atomic E-state index is 4.69. The van der Waals surface area contributed by atoms with Crippen LogP contribution in [0.5, 0.6) is 0 Å². The van der Waals surface area contributed by atoms with Gasteiger partial charge in [0.05, 0.1) is 11.6 Å². The Hall–Kier alpha value is -2.74. The molecule has 0 spiro atoms. The predicted molar refractivity (Wildman–Crippen MR) is 105 cm³/mol. The van der Waals surface area contributed by atoms with Gasteiger partial charge in [-0.1, -0.05) is 6.07 Å². The molecule has 0 amide bonds. The number of pyridine rings is 1. The number of fused-ring (bicyclic) bond motifs is 1. The Labute approximate surface area is 158 Å². The number of piperazine rings is 1. The molecule has 2 aliphatic rings. The summed E-state index contributed by atoms with van der Waals surface area (Å²) in [5.41, 5.74) is 0.907. The van der Waals surface area contributed by atoms with Crippen molar-refractivity contribution < 1.29 is 0 Å². The number of hydrogen-bond acceptors (Lipinski definition) is 7. The number of nitrogens with zero attached hydrogens (tertiary/aromatic N) is 8. The van der Waals surface area contributed by atoms with Crippen LogP contribution >= 0.6 is 0 Å². The minimum Gasteiger partial charge on any atom is -0.354 e. The molecule has 0 unspecified atom stereocenters. The number of rotatable bonds is 3. The van der Waals surface area contributed by atoms with E-state index in [-0.39, 0.29) is 0 Å². The van der Waals surface area contributed by atoms with Crippen LogP contribution in [0.3, 0.4) is 0 Å². The van der Waals surface area contributed by atoms with Gasteiger partial charge in [0, 0.05) is 58.6 Å². The van der Waals surface area contributed by atoms with Crippen molar-refractivity contribution in [1.29, 1.82) is 0 Å². The fraction of sp³-hybridized carbons (Fsp3) is 0.474. The smallest absolute Gasteiger partial charge is 0.163 e. The average molecular weight is 364 g/mol. The van der Waals surface area contributed by atoms with Gasteiger partial charge >= 0.3 is 0 Å². The standard InChI is InChI=1S/C19H24N8/c1-14-22-18-16(11-21-24(18)2)19(23-14)27-12-15(13-27)25-7-9-26(10-8-25)17-5-3-4-6-20-17/h3-6,11,15H,7-10,12-13H2,1-2H3. The van der Waals surface area contributed by atoms with Crippen LogP contribution < -0.4 is 9.80 Å². The fourth-order valence-corrected chi connectivity index (χ4v) is 4.07. The SMILES string of the molecule is Cc1nc(N2CC(N3CCN(c4ccccn4)CC3)C2)c2cnn(C)c2n1. The third-order valence-electron chi connectivity index (χ3n) is 5.65. The Balaban J connectivity index is 1.23. The summed E-state index contributed by atoms with van der Waals surface area (Å²) in [5, 5.41) is 5.39. The summed E-state index contributed by atoms with van der Waals surface area (Å²) in [6.45, 7) is 8.22. The molecule has 3 aromatic rings. The lowest BCUT2D eigenvalue weighted by Gasteiger charge is -2.48. The van der Waals surface area contributed by atoms with E-state index in [9.17, 15) is 0 Å². The van der Waals surface area contributed by atoms with Crippen molar-refractivity contribution >= 4 is 22.7 Å². The van der Waals surface area contributed by atoms with Gasteiger partial charge in [0.15, 0.2) is 5.65 Å². The first-order valence-electron chi connectivity index (χ1n) is 9.50. The highest BCUT2D eigenvalue weighted by Gasteiger charge is 2.35. The van der Waals surface area contributed by atoms with Crippen LogP contribution in [0.15, 0.2) is 30.6 Å². The highest BCUT2D eigenvalue weighted by molar-refractivity contribution is 5.87. The van der Waals surface area contributed by atoms with Gasteiger partial charge in [-0.05, 0) is 19.1 Å². The van der Waals surface area contributed by atoms with E-state index in [1.54, 1.807) is 0 Å². The van der Waals surface area contributed by atoms with Crippen molar-refractivity contribution in [3.8, 4) is 0 Å². The Morgan fingerprint density at radius 2 is 1.81 bits per heavy atom. The summed E-state index contributed by atoms with van der Waals surface area (Å²) >= 11 is 0. The average Bonchev–Trinajstić information content (AvgIpc) is 3.03. The van der Waals surface area contributed by atoms with Crippen LogP contribution in [-0.2, 0) is 7.05 Å². The molecule has 0 N–H and O–H groups in total. The molecule has 2 saturated heterocycles. The number of anilines is 2. The third-order valence-corrected chi connectivity index (χ3v) is 5.65. The Morgan fingerprint density at radius 1 is 1.00 bits per heavy atom. The van der Waals surface area contributed by atoms with Crippen molar-refractivity contribution in [3.05, 3.63) is 36.4 Å². The molecule has 0 bridgehead atoms. The molecule has 27 heavy (non-hydrogen) atoms. The topological polar surface area (TPSA) is 66.2 Å². The second-order valence-corrected chi connectivity index (χ2v) is 7.37. The van der Waals surface area contributed by atoms with Gasteiger partial charge in [-0.15, -0.1) is 0 Å². The Kier molecular flexibility index (Phi) is 3.93. The van der Waals surface area contributed by atoms with Crippen LogP contribution in [0, 0.1) is 6.92 Å². The van der Waals surface area contributed by atoms with Gasteiger partial charge in [0.25, 0.3) is 0 Å². The second-order valence-electron chi connectivity index (χ2n) is 7.37. The van der Waals surface area contributed by atoms with Gasteiger partial charge in [-0.25, -0.2) is 15.0 Å². The summed E-state index contributed by atoms with van der Waals surface area (Å²) in [4.78, 5) is 21.0. The Morgan fingerprint density at radius 3 is 2.56 bits per heavy atom. The molecule has 0 radical (unpaired) electrons. The molecule has 0 atom stereocenters. The number of aryl methyl sites for hydroxylation is 2. The van der Waals surface area contributed by atoms with E-state index in [1.807, 2.05) is 37.1 Å². The molecule has 0 aliphatic carbocycles. The lowest BCUT2D eigenvalue weighted by molar-refractivity contribution is 0.156. The van der Waals surface area contributed by atoms with Gasteiger partial charge in [-0.2, -0.15) is 5.10 Å². The van der Waals surface area contributed by atoms with Gasteiger partial charge < -0.3 is 9.80 Å². The normalized spacial score (nSPS) is 18.9. The number of aromatic nitrogens is 5. The van der Waals surface area contributed by atoms with Gasteiger partial charge in [0.1, 0.15) is 17.5 Å². The summed E-state index contributed by atoms with van der Waals surface area (Å²) in [7, 11) is 1.93. The number of hydrogen-bond donors (Lipinski definition) is 0. The van der Waals surface area contributed by atoms with Crippen molar-refractivity contribution in [2.45, 2.75) is 13.0 Å². The summed E-state index contributed by atoms with van der Waals surface area (Å²) in [6, 6.07) is 6.72. The minimum atomic E-state index is 0.595. The highest BCUT2D eigenvalue weighted by Crippen LogP contribution is 2.29. The minimum absolute atomic E-state index is 0.595. The Bertz CT molecular complexity index is 939. The lowest BCUT2D eigenvalue weighted by Crippen LogP contribution is -2.63. The van der Waals surface area contributed by atoms with Crippen LogP contribution in [0.4, 0.5) is 11.6 Å². The zero-order chi connectivity index (χ0) is 18.4. The maximum absolute atomic E-state index is 4.69. The molecule has 0 saturated carbocycles. The van der Waals surface area contributed by atoms with Crippen LogP contribution in [0.2, 0.25) is 0 Å². The van der Waals surface area contributed by atoms with Crippen LogP contribution in [-0.4, -0.2) is 74.9 Å². The molecule has 5 rings (SSSR count). The largest absolute Gasteiger partial charge is 0.354 e.